The van der Waals surface area contributed by atoms with E-state index in [0.29, 0.717) is 16.6 Å². The average molecular weight is 378 g/mol. The number of rotatable bonds is 5. The van der Waals surface area contributed by atoms with Crippen LogP contribution in [0.15, 0.2) is 36.4 Å². The third-order valence-corrected chi connectivity index (χ3v) is 5.08. The molecule has 0 unspecified atom stereocenters. The van der Waals surface area contributed by atoms with Crippen LogP contribution in [-0.4, -0.2) is 12.0 Å². The highest BCUT2D eigenvalue weighted by Crippen LogP contribution is 2.30. The largest absolute Gasteiger partial charge is 0.481 e. The summed E-state index contributed by atoms with van der Waals surface area (Å²) in [6.45, 7) is 2.11. The van der Waals surface area contributed by atoms with E-state index in [0.717, 1.165) is 24.2 Å². The van der Waals surface area contributed by atoms with Crippen molar-refractivity contribution in [3.8, 4) is 5.75 Å². The lowest BCUT2D eigenvalue weighted by molar-refractivity contribution is -0.127. The Morgan fingerprint density at radius 2 is 2.00 bits per heavy atom. The first kappa shape index (κ1) is 18.1. The van der Waals surface area contributed by atoms with E-state index in [1.807, 2.05) is 18.2 Å². The summed E-state index contributed by atoms with van der Waals surface area (Å²) in [5.74, 6) is 0.656. The number of halogens is 2. The Labute approximate surface area is 158 Å². The molecule has 1 atom stereocenters. The van der Waals surface area contributed by atoms with Crippen molar-refractivity contribution < 1.29 is 9.53 Å². The molecule has 0 fully saturated rings. The summed E-state index contributed by atoms with van der Waals surface area (Å²) in [5.41, 5.74) is 3.40. The van der Waals surface area contributed by atoms with Gasteiger partial charge in [-0.05, 0) is 67.5 Å². The van der Waals surface area contributed by atoms with Gasteiger partial charge in [0, 0.05) is 16.6 Å². The molecule has 132 valence electrons. The van der Waals surface area contributed by atoms with Crippen LogP contribution in [0.4, 0.5) is 0 Å². The molecule has 0 radical (unpaired) electrons. The van der Waals surface area contributed by atoms with Gasteiger partial charge in [0.15, 0.2) is 6.10 Å². The van der Waals surface area contributed by atoms with E-state index in [1.165, 1.54) is 24.0 Å². The van der Waals surface area contributed by atoms with Crippen LogP contribution in [0.25, 0.3) is 0 Å². The zero-order chi connectivity index (χ0) is 17.8. The SMILES string of the molecule is C[C@@H](Oc1cccc2c1CCCC2)C(=O)NCc1ccc(Cl)cc1Cl. The normalized spacial score (nSPS) is 14.5. The number of hydrogen-bond acceptors (Lipinski definition) is 2. The molecule has 3 nitrogen and oxygen atoms in total. The summed E-state index contributed by atoms with van der Waals surface area (Å²) in [6.07, 6.45) is 3.92. The second-order valence-electron chi connectivity index (χ2n) is 6.31. The molecule has 5 heteroatoms. The van der Waals surface area contributed by atoms with E-state index in [4.69, 9.17) is 27.9 Å². The topological polar surface area (TPSA) is 38.3 Å². The highest BCUT2D eigenvalue weighted by atomic mass is 35.5. The Hall–Kier alpha value is -1.71. The number of carbonyl (C=O) groups is 1. The Balaban J connectivity index is 1.61. The average Bonchev–Trinajstić information content (AvgIpc) is 2.61. The van der Waals surface area contributed by atoms with Crippen molar-refractivity contribution in [3.63, 3.8) is 0 Å². The lowest BCUT2D eigenvalue weighted by Crippen LogP contribution is -2.36. The van der Waals surface area contributed by atoms with Crippen LogP contribution in [0.3, 0.4) is 0 Å². The number of aryl methyl sites for hydroxylation is 1. The zero-order valence-electron chi connectivity index (χ0n) is 14.1. The molecule has 0 bridgehead atoms. The van der Waals surface area contributed by atoms with Crippen molar-refractivity contribution in [2.24, 2.45) is 0 Å². The van der Waals surface area contributed by atoms with Crippen molar-refractivity contribution in [2.45, 2.75) is 45.3 Å². The fourth-order valence-electron chi connectivity index (χ4n) is 3.09. The predicted molar refractivity (Wildman–Crippen MR) is 101 cm³/mol. The molecule has 1 N–H and O–H groups in total. The van der Waals surface area contributed by atoms with Gasteiger partial charge in [-0.2, -0.15) is 0 Å². The highest BCUT2D eigenvalue weighted by molar-refractivity contribution is 6.35. The first-order valence-corrected chi connectivity index (χ1v) is 9.29. The van der Waals surface area contributed by atoms with E-state index in [2.05, 4.69) is 11.4 Å². The van der Waals surface area contributed by atoms with Crippen LogP contribution < -0.4 is 10.1 Å². The first-order valence-electron chi connectivity index (χ1n) is 8.53. The minimum Gasteiger partial charge on any atom is -0.481 e. The van der Waals surface area contributed by atoms with E-state index in [9.17, 15) is 4.79 Å². The minimum atomic E-state index is -0.570. The van der Waals surface area contributed by atoms with Crippen LogP contribution in [0, 0.1) is 0 Å². The maximum absolute atomic E-state index is 12.4. The lowest BCUT2D eigenvalue weighted by atomic mass is 9.91. The van der Waals surface area contributed by atoms with Crippen molar-refractivity contribution in [1.29, 1.82) is 0 Å². The van der Waals surface area contributed by atoms with Crippen LogP contribution in [0.1, 0.15) is 36.5 Å². The van der Waals surface area contributed by atoms with Crippen LogP contribution >= 0.6 is 23.2 Å². The monoisotopic (exact) mass is 377 g/mol. The predicted octanol–water partition coefficient (Wildman–Crippen LogP) is 4.96. The molecular weight excluding hydrogens is 357 g/mol. The lowest BCUT2D eigenvalue weighted by Gasteiger charge is -2.22. The smallest absolute Gasteiger partial charge is 0.261 e. The molecular formula is C20H21Cl2NO2. The van der Waals surface area contributed by atoms with Gasteiger partial charge in [-0.3, -0.25) is 4.79 Å². The highest BCUT2D eigenvalue weighted by Gasteiger charge is 2.19. The third kappa shape index (κ3) is 4.47. The molecule has 0 aromatic heterocycles. The Kier molecular flexibility index (Phi) is 5.87. The fraction of sp³-hybridized carbons (Fsp3) is 0.350. The summed E-state index contributed by atoms with van der Waals surface area (Å²) < 4.78 is 5.95. The molecule has 1 aliphatic carbocycles. The van der Waals surface area contributed by atoms with Crippen molar-refractivity contribution in [2.75, 3.05) is 0 Å². The molecule has 3 rings (SSSR count). The van der Waals surface area contributed by atoms with Crippen LogP contribution in [0.5, 0.6) is 5.75 Å². The number of nitrogens with one attached hydrogen (secondary N) is 1. The van der Waals surface area contributed by atoms with Gasteiger partial charge >= 0.3 is 0 Å². The molecule has 1 aliphatic rings. The molecule has 0 saturated heterocycles. The number of ether oxygens (including phenoxy) is 1. The number of amides is 1. The van der Waals surface area contributed by atoms with E-state index >= 15 is 0 Å². The van der Waals surface area contributed by atoms with Gasteiger partial charge in [0.25, 0.3) is 5.91 Å². The minimum absolute atomic E-state index is 0.167. The van der Waals surface area contributed by atoms with Gasteiger partial charge in [0.05, 0.1) is 0 Å². The fourth-order valence-corrected chi connectivity index (χ4v) is 3.57. The summed E-state index contributed by atoms with van der Waals surface area (Å²) in [5, 5.41) is 3.98. The molecule has 0 heterocycles. The number of carbonyl (C=O) groups excluding carboxylic acids is 1. The molecule has 0 aliphatic heterocycles. The van der Waals surface area contributed by atoms with Gasteiger partial charge in [-0.1, -0.05) is 41.4 Å². The Bertz CT molecular complexity index is 776. The van der Waals surface area contributed by atoms with Gasteiger partial charge in [0.2, 0.25) is 0 Å². The van der Waals surface area contributed by atoms with Crippen molar-refractivity contribution >= 4 is 29.1 Å². The Morgan fingerprint density at radius 3 is 2.80 bits per heavy atom. The number of fused-ring (bicyclic) bond motifs is 1. The van der Waals surface area contributed by atoms with Crippen LogP contribution in [-0.2, 0) is 24.2 Å². The molecule has 2 aromatic rings. The molecule has 25 heavy (non-hydrogen) atoms. The first-order chi connectivity index (χ1) is 12.0. The maximum Gasteiger partial charge on any atom is 0.261 e. The summed E-state index contributed by atoms with van der Waals surface area (Å²) in [6, 6.07) is 11.3. The summed E-state index contributed by atoms with van der Waals surface area (Å²) in [7, 11) is 0. The number of benzene rings is 2. The van der Waals surface area contributed by atoms with Gasteiger partial charge in [-0.25, -0.2) is 0 Å². The van der Waals surface area contributed by atoms with Crippen LogP contribution in [0.2, 0.25) is 10.0 Å². The standard InChI is InChI=1S/C20H21Cl2NO2/c1-13(20(24)23-12-15-9-10-16(21)11-18(15)22)25-19-8-4-6-14-5-2-3-7-17(14)19/h4,6,8-11,13H,2-3,5,7,12H2,1H3,(H,23,24)/t13-/m1/s1. The zero-order valence-corrected chi connectivity index (χ0v) is 15.7. The molecule has 0 spiro atoms. The molecule has 2 aromatic carbocycles. The number of hydrogen-bond donors (Lipinski definition) is 1. The quantitative estimate of drug-likeness (QED) is 0.799. The van der Waals surface area contributed by atoms with Gasteiger partial charge in [0.1, 0.15) is 5.75 Å². The van der Waals surface area contributed by atoms with E-state index in [1.54, 1.807) is 19.1 Å². The van der Waals surface area contributed by atoms with Crippen molar-refractivity contribution in [1.82, 2.24) is 5.32 Å². The third-order valence-electron chi connectivity index (χ3n) is 4.49. The maximum atomic E-state index is 12.4. The van der Waals surface area contributed by atoms with E-state index < -0.39 is 6.10 Å². The molecule has 1 amide bonds. The van der Waals surface area contributed by atoms with Crippen molar-refractivity contribution in [3.05, 3.63) is 63.1 Å². The Morgan fingerprint density at radius 1 is 1.20 bits per heavy atom. The van der Waals surface area contributed by atoms with Gasteiger partial charge < -0.3 is 10.1 Å². The summed E-state index contributed by atoms with van der Waals surface area (Å²) in [4.78, 5) is 12.4. The summed E-state index contributed by atoms with van der Waals surface area (Å²) >= 11 is 12.0. The second kappa shape index (κ2) is 8.11. The van der Waals surface area contributed by atoms with Gasteiger partial charge in [-0.15, -0.1) is 0 Å². The van der Waals surface area contributed by atoms with E-state index in [-0.39, 0.29) is 5.91 Å². The molecule has 0 saturated carbocycles. The second-order valence-corrected chi connectivity index (χ2v) is 7.16.